The molecule has 0 fully saturated rings. The van der Waals surface area contributed by atoms with E-state index in [9.17, 15) is 4.79 Å². The quantitative estimate of drug-likeness (QED) is 0.619. The number of carbonyl (C=O) groups is 1. The molecule has 0 aliphatic rings. The van der Waals surface area contributed by atoms with E-state index >= 15 is 0 Å². The van der Waals surface area contributed by atoms with E-state index in [1.807, 2.05) is 12.1 Å². The molecular weight excluding hydrogens is 256 g/mol. The smallest absolute Gasteiger partial charge is 0.173 e. The zero-order chi connectivity index (χ0) is 11.4. The molecule has 1 rings (SSSR count). The lowest BCUT2D eigenvalue weighted by atomic mass is 9.98. The minimum absolute atomic E-state index is 0.0968. The Labute approximate surface area is 98.8 Å². The Hall–Kier alpha value is -0.830. The molecule has 82 valence electrons. The first-order valence-electron chi connectivity index (χ1n) is 4.87. The number of Topliss-reactive ketones (excluding diaryl/α,β-unsaturated/α-hetero) is 1. The predicted octanol–water partition coefficient (Wildman–Crippen LogP) is 3.40. The third kappa shape index (κ3) is 2.81. The van der Waals surface area contributed by atoms with Gasteiger partial charge in [0.1, 0.15) is 5.75 Å². The van der Waals surface area contributed by atoms with Crippen molar-refractivity contribution in [2.24, 2.45) is 0 Å². The first kappa shape index (κ1) is 12.2. The van der Waals surface area contributed by atoms with E-state index in [4.69, 9.17) is 4.74 Å². The summed E-state index contributed by atoms with van der Waals surface area (Å²) in [6, 6.07) is 5.56. The van der Waals surface area contributed by atoms with Gasteiger partial charge in [0.05, 0.1) is 12.4 Å². The van der Waals surface area contributed by atoms with Crippen molar-refractivity contribution < 1.29 is 9.53 Å². The lowest BCUT2D eigenvalue weighted by Crippen LogP contribution is -2.03. The van der Waals surface area contributed by atoms with Crippen LogP contribution in [0.3, 0.4) is 0 Å². The lowest BCUT2D eigenvalue weighted by molar-refractivity contribution is 0.102. The lowest BCUT2D eigenvalue weighted by Gasteiger charge is -2.12. The zero-order valence-corrected chi connectivity index (χ0v) is 10.8. The molecule has 0 aliphatic heterocycles. The maximum absolute atomic E-state index is 11.5. The van der Waals surface area contributed by atoms with Gasteiger partial charge in [-0.05, 0) is 29.7 Å². The Bertz CT molecular complexity index is 359. The topological polar surface area (TPSA) is 26.3 Å². The average Bonchev–Trinajstić information content (AvgIpc) is 2.27. The molecule has 15 heavy (non-hydrogen) atoms. The van der Waals surface area contributed by atoms with Crippen molar-refractivity contribution in [2.75, 3.05) is 12.4 Å². The van der Waals surface area contributed by atoms with Gasteiger partial charge in [-0.2, -0.15) is 0 Å². The van der Waals surface area contributed by atoms with Crippen LogP contribution in [-0.2, 0) is 0 Å². The zero-order valence-electron chi connectivity index (χ0n) is 9.21. The number of methoxy groups -OCH3 is 1. The Balaban J connectivity index is 3.16. The van der Waals surface area contributed by atoms with Crippen molar-refractivity contribution in [1.82, 2.24) is 0 Å². The van der Waals surface area contributed by atoms with Crippen LogP contribution in [0.5, 0.6) is 5.75 Å². The molecular formula is C12H15BrO2. The Kier molecular flexibility index (Phi) is 4.33. The largest absolute Gasteiger partial charge is 0.496 e. The molecule has 0 spiro atoms. The number of alkyl halides is 1. The first-order chi connectivity index (χ1) is 7.10. The van der Waals surface area contributed by atoms with Crippen LogP contribution in [0.1, 0.15) is 35.7 Å². The monoisotopic (exact) mass is 270 g/mol. The average molecular weight is 271 g/mol. The van der Waals surface area contributed by atoms with Gasteiger partial charge in [-0.15, -0.1) is 0 Å². The fourth-order valence-electron chi connectivity index (χ4n) is 1.44. The Morgan fingerprint density at radius 2 is 2.13 bits per heavy atom. The van der Waals surface area contributed by atoms with E-state index in [0.717, 1.165) is 16.9 Å². The molecule has 0 atom stereocenters. The summed E-state index contributed by atoms with van der Waals surface area (Å²) in [6.45, 7) is 4.17. The summed E-state index contributed by atoms with van der Waals surface area (Å²) >= 11 is 3.17. The van der Waals surface area contributed by atoms with Crippen molar-refractivity contribution >= 4 is 21.7 Å². The molecule has 0 aromatic heterocycles. The summed E-state index contributed by atoms with van der Waals surface area (Å²) in [5.74, 6) is 1.29. The number of halogens is 1. The van der Waals surface area contributed by atoms with Gasteiger partial charge in [-0.25, -0.2) is 0 Å². The van der Waals surface area contributed by atoms with E-state index in [-0.39, 0.29) is 5.78 Å². The van der Waals surface area contributed by atoms with Crippen LogP contribution >= 0.6 is 15.9 Å². The molecule has 0 saturated heterocycles. The predicted molar refractivity (Wildman–Crippen MR) is 65.2 cm³/mol. The fourth-order valence-corrected chi connectivity index (χ4v) is 1.76. The minimum Gasteiger partial charge on any atom is -0.496 e. The van der Waals surface area contributed by atoms with Crippen molar-refractivity contribution in [3.05, 3.63) is 29.3 Å². The molecule has 0 heterocycles. The van der Waals surface area contributed by atoms with Crippen LogP contribution in [0, 0.1) is 0 Å². The highest BCUT2D eigenvalue weighted by atomic mass is 79.9. The number of rotatable bonds is 4. The van der Waals surface area contributed by atoms with Crippen molar-refractivity contribution in [1.29, 1.82) is 0 Å². The van der Waals surface area contributed by atoms with Crippen LogP contribution in [0.25, 0.3) is 0 Å². The van der Waals surface area contributed by atoms with Gasteiger partial charge in [0.2, 0.25) is 0 Å². The SMILES string of the molecule is COc1ccc(C(=O)CBr)cc1C(C)C. The van der Waals surface area contributed by atoms with Crippen LogP contribution < -0.4 is 4.74 Å². The van der Waals surface area contributed by atoms with Gasteiger partial charge < -0.3 is 4.74 Å². The maximum atomic E-state index is 11.5. The van der Waals surface area contributed by atoms with Gasteiger partial charge in [-0.1, -0.05) is 29.8 Å². The van der Waals surface area contributed by atoms with E-state index in [1.54, 1.807) is 13.2 Å². The maximum Gasteiger partial charge on any atom is 0.173 e. The molecule has 0 amide bonds. The van der Waals surface area contributed by atoms with Crippen molar-refractivity contribution in [3.8, 4) is 5.75 Å². The molecule has 0 saturated carbocycles. The van der Waals surface area contributed by atoms with E-state index in [1.165, 1.54) is 0 Å². The summed E-state index contributed by atoms with van der Waals surface area (Å²) in [5.41, 5.74) is 1.81. The highest BCUT2D eigenvalue weighted by Crippen LogP contribution is 2.27. The molecule has 3 heteroatoms. The molecule has 0 radical (unpaired) electrons. The summed E-state index contributed by atoms with van der Waals surface area (Å²) in [4.78, 5) is 11.5. The summed E-state index contributed by atoms with van der Waals surface area (Å²) in [6.07, 6.45) is 0. The molecule has 2 nitrogen and oxygen atoms in total. The van der Waals surface area contributed by atoms with Gasteiger partial charge in [0, 0.05) is 5.56 Å². The molecule has 1 aromatic carbocycles. The van der Waals surface area contributed by atoms with Crippen molar-refractivity contribution in [3.63, 3.8) is 0 Å². The highest BCUT2D eigenvalue weighted by molar-refractivity contribution is 9.09. The van der Waals surface area contributed by atoms with E-state index in [0.29, 0.717) is 11.2 Å². The fraction of sp³-hybridized carbons (Fsp3) is 0.417. The number of ether oxygens (including phenoxy) is 1. The number of hydrogen-bond donors (Lipinski definition) is 0. The standard InChI is InChI=1S/C12H15BrO2/c1-8(2)10-6-9(11(14)7-13)4-5-12(10)15-3/h4-6,8H,7H2,1-3H3. The summed E-state index contributed by atoms with van der Waals surface area (Å²) in [7, 11) is 1.65. The van der Waals surface area contributed by atoms with E-state index in [2.05, 4.69) is 29.8 Å². The number of benzene rings is 1. The normalized spacial score (nSPS) is 10.5. The molecule has 0 unspecified atom stereocenters. The first-order valence-corrected chi connectivity index (χ1v) is 5.99. The summed E-state index contributed by atoms with van der Waals surface area (Å²) < 4.78 is 5.25. The highest BCUT2D eigenvalue weighted by Gasteiger charge is 2.11. The van der Waals surface area contributed by atoms with Crippen LogP contribution in [0.4, 0.5) is 0 Å². The second-order valence-corrected chi connectivity index (χ2v) is 4.23. The van der Waals surface area contributed by atoms with Gasteiger partial charge in [0.25, 0.3) is 0 Å². The minimum atomic E-state index is 0.0968. The van der Waals surface area contributed by atoms with Crippen molar-refractivity contribution in [2.45, 2.75) is 19.8 Å². The molecule has 1 aromatic rings. The van der Waals surface area contributed by atoms with Crippen LogP contribution in [0.2, 0.25) is 0 Å². The number of ketones is 1. The summed E-state index contributed by atoms with van der Waals surface area (Å²) in [5, 5.41) is 0.358. The molecule has 0 N–H and O–H groups in total. The third-order valence-electron chi connectivity index (χ3n) is 2.30. The number of hydrogen-bond acceptors (Lipinski definition) is 2. The van der Waals surface area contributed by atoms with Gasteiger partial charge in [0.15, 0.2) is 5.78 Å². The van der Waals surface area contributed by atoms with Gasteiger partial charge in [-0.3, -0.25) is 4.79 Å². The van der Waals surface area contributed by atoms with Gasteiger partial charge >= 0.3 is 0 Å². The Morgan fingerprint density at radius 3 is 2.60 bits per heavy atom. The van der Waals surface area contributed by atoms with Crippen LogP contribution in [-0.4, -0.2) is 18.2 Å². The second-order valence-electron chi connectivity index (χ2n) is 3.67. The van der Waals surface area contributed by atoms with E-state index < -0.39 is 0 Å². The third-order valence-corrected chi connectivity index (χ3v) is 2.80. The molecule has 0 bridgehead atoms. The Morgan fingerprint density at radius 1 is 1.47 bits per heavy atom. The second kappa shape index (κ2) is 5.31. The molecule has 0 aliphatic carbocycles. The van der Waals surface area contributed by atoms with Crippen LogP contribution in [0.15, 0.2) is 18.2 Å². The number of carbonyl (C=O) groups excluding carboxylic acids is 1.